The van der Waals surface area contributed by atoms with Crippen LogP contribution < -0.4 is 10.1 Å². The highest BCUT2D eigenvalue weighted by Crippen LogP contribution is 2.22. The Morgan fingerprint density at radius 1 is 1.28 bits per heavy atom. The molecule has 2 unspecified atom stereocenters. The highest BCUT2D eigenvalue weighted by molar-refractivity contribution is 5.98. The first-order valence-electron chi connectivity index (χ1n) is 8.43. The zero-order valence-corrected chi connectivity index (χ0v) is 14.5. The van der Waals surface area contributed by atoms with Crippen LogP contribution >= 0.6 is 0 Å². The van der Waals surface area contributed by atoms with Crippen LogP contribution in [0.5, 0.6) is 5.75 Å². The number of ether oxygens (including phenoxy) is 1. The van der Waals surface area contributed by atoms with Crippen molar-refractivity contribution in [3.05, 3.63) is 29.8 Å². The van der Waals surface area contributed by atoms with Crippen LogP contribution in [0.25, 0.3) is 0 Å². The molecule has 1 fully saturated rings. The molecule has 1 saturated heterocycles. The molecule has 0 saturated carbocycles. The van der Waals surface area contributed by atoms with Crippen molar-refractivity contribution in [3.8, 4) is 5.75 Å². The second-order valence-corrected chi connectivity index (χ2v) is 6.29. The van der Waals surface area contributed by atoms with Gasteiger partial charge in [-0.2, -0.15) is 0 Å². The van der Waals surface area contributed by atoms with E-state index in [1.54, 1.807) is 24.3 Å². The lowest BCUT2D eigenvalue weighted by atomic mass is 9.90. The number of hydrogen-bond acceptors (Lipinski definition) is 4. The van der Waals surface area contributed by atoms with Crippen molar-refractivity contribution in [2.75, 3.05) is 26.2 Å². The Morgan fingerprint density at radius 2 is 2.00 bits per heavy atom. The van der Waals surface area contributed by atoms with Crippen molar-refractivity contribution >= 4 is 17.8 Å². The summed E-state index contributed by atoms with van der Waals surface area (Å²) in [5.74, 6) is -1.53. The standard InChI is InChI=1S/C18H24N2O5/c1-3-25-15-7-5-4-6-14(15)17(22)19-9-16(21)20-10-12(2)8-13(11-20)18(23)24/h4-7,12-13H,3,8-11H2,1-2H3,(H,19,22)(H,23,24). The molecule has 0 bridgehead atoms. The molecular formula is C18H24N2O5. The lowest BCUT2D eigenvalue weighted by Gasteiger charge is -2.34. The normalized spacial score (nSPS) is 20.0. The maximum Gasteiger partial charge on any atom is 0.308 e. The van der Waals surface area contributed by atoms with Crippen LogP contribution in [0.4, 0.5) is 0 Å². The van der Waals surface area contributed by atoms with Crippen LogP contribution in [-0.4, -0.2) is 54.0 Å². The van der Waals surface area contributed by atoms with E-state index in [2.05, 4.69) is 5.32 Å². The molecule has 0 aromatic heterocycles. The minimum Gasteiger partial charge on any atom is -0.493 e. The van der Waals surface area contributed by atoms with Crippen LogP contribution in [0.3, 0.4) is 0 Å². The summed E-state index contributed by atoms with van der Waals surface area (Å²) in [4.78, 5) is 37.4. The van der Waals surface area contributed by atoms with Crippen molar-refractivity contribution in [2.45, 2.75) is 20.3 Å². The van der Waals surface area contributed by atoms with Gasteiger partial charge in [0.15, 0.2) is 0 Å². The summed E-state index contributed by atoms with van der Waals surface area (Å²) in [7, 11) is 0. The van der Waals surface area contributed by atoms with Gasteiger partial charge in [0.25, 0.3) is 5.91 Å². The molecule has 1 heterocycles. The summed E-state index contributed by atoms with van der Waals surface area (Å²) in [5.41, 5.74) is 0.368. The summed E-state index contributed by atoms with van der Waals surface area (Å²) in [6.45, 7) is 4.71. The fourth-order valence-electron chi connectivity index (χ4n) is 3.03. The summed E-state index contributed by atoms with van der Waals surface area (Å²) in [6, 6.07) is 6.83. The second-order valence-electron chi connectivity index (χ2n) is 6.29. The summed E-state index contributed by atoms with van der Waals surface area (Å²) >= 11 is 0. The molecule has 0 radical (unpaired) electrons. The first-order chi connectivity index (χ1) is 11.9. The quantitative estimate of drug-likeness (QED) is 0.810. The van der Waals surface area contributed by atoms with Gasteiger partial charge in [-0.3, -0.25) is 14.4 Å². The van der Waals surface area contributed by atoms with E-state index >= 15 is 0 Å². The average Bonchev–Trinajstić information content (AvgIpc) is 2.59. The van der Waals surface area contributed by atoms with E-state index in [9.17, 15) is 19.5 Å². The highest BCUT2D eigenvalue weighted by Gasteiger charge is 2.31. The van der Waals surface area contributed by atoms with E-state index in [1.165, 1.54) is 4.90 Å². The zero-order chi connectivity index (χ0) is 18.4. The molecule has 2 N–H and O–H groups in total. The second kappa shape index (κ2) is 8.50. The van der Waals surface area contributed by atoms with Gasteiger partial charge >= 0.3 is 5.97 Å². The molecule has 2 rings (SSSR count). The molecule has 136 valence electrons. The van der Waals surface area contributed by atoms with Gasteiger partial charge in [0.05, 0.1) is 24.6 Å². The molecule has 7 heteroatoms. The Labute approximate surface area is 147 Å². The van der Waals surface area contributed by atoms with Crippen molar-refractivity contribution in [1.29, 1.82) is 0 Å². The number of para-hydroxylation sites is 1. The number of hydrogen-bond donors (Lipinski definition) is 2. The Balaban J connectivity index is 1.95. The highest BCUT2D eigenvalue weighted by atomic mass is 16.5. The average molecular weight is 348 g/mol. The molecular weight excluding hydrogens is 324 g/mol. The number of carboxylic acids is 1. The maximum absolute atomic E-state index is 12.3. The molecule has 1 aliphatic rings. The van der Waals surface area contributed by atoms with Gasteiger partial charge in [-0.1, -0.05) is 19.1 Å². The lowest BCUT2D eigenvalue weighted by molar-refractivity contribution is -0.146. The van der Waals surface area contributed by atoms with Crippen LogP contribution in [0.2, 0.25) is 0 Å². The number of rotatable bonds is 6. The molecule has 1 aromatic rings. The molecule has 0 spiro atoms. The number of carboxylic acid groups (broad SMARTS) is 1. The van der Waals surface area contributed by atoms with E-state index in [-0.39, 0.29) is 24.9 Å². The molecule has 2 amide bonds. The fraction of sp³-hybridized carbons (Fsp3) is 0.500. The molecule has 25 heavy (non-hydrogen) atoms. The van der Waals surface area contributed by atoms with E-state index in [1.807, 2.05) is 13.8 Å². The van der Waals surface area contributed by atoms with E-state index in [0.29, 0.717) is 30.9 Å². The minimum absolute atomic E-state index is 0.119. The molecule has 1 aliphatic heterocycles. The number of carbonyl (C=O) groups excluding carboxylic acids is 2. The number of benzene rings is 1. The van der Waals surface area contributed by atoms with E-state index in [0.717, 1.165) is 0 Å². The number of nitrogens with one attached hydrogen (secondary N) is 1. The predicted octanol–water partition coefficient (Wildman–Crippen LogP) is 1.38. The first-order valence-corrected chi connectivity index (χ1v) is 8.43. The number of nitrogens with zero attached hydrogens (tertiary/aromatic N) is 1. The fourth-order valence-corrected chi connectivity index (χ4v) is 3.03. The number of aliphatic carboxylic acids is 1. The maximum atomic E-state index is 12.3. The monoisotopic (exact) mass is 348 g/mol. The van der Waals surface area contributed by atoms with Gasteiger partial charge in [0.1, 0.15) is 5.75 Å². The topological polar surface area (TPSA) is 95.9 Å². The molecule has 2 atom stereocenters. The molecule has 1 aromatic carbocycles. The third-order valence-corrected chi connectivity index (χ3v) is 4.19. The predicted molar refractivity (Wildman–Crippen MR) is 91.4 cm³/mol. The Morgan fingerprint density at radius 3 is 2.68 bits per heavy atom. The van der Waals surface area contributed by atoms with Crippen molar-refractivity contribution < 1.29 is 24.2 Å². The zero-order valence-electron chi connectivity index (χ0n) is 14.5. The van der Waals surface area contributed by atoms with E-state index in [4.69, 9.17) is 4.74 Å². The Hall–Kier alpha value is -2.57. The minimum atomic E-state index is -0.890. The summed E-state index contributed by atoms with van der Waals surface area (Å²) in [5, 5.41) is 11.8. The van der Waals surface area contributed by atoms with Gasteiger partial charge < -0.3 is 20.1 Å². The third-order valence-electron chi connectivity index (χ3n) is 4.19. The third kappa shape index (κ3) is 4.95. The number of carbonyl (C=O) groups is 3. The number of likely N-dealkylation sites (tertiary alicyclic amines) is 1. The van der Waals surface area contributed by atoms with Crippen LogP contribution in [0.15, 0.2) is 24.3 Å². The van der Waals surface area contributed by atoms with E-state index < -0.39 is 17.8 Å². The number of amides is 2. The SMILES string of the molecule is CCOc1ccccc1C(=O)NCC(=O)N1CC(C)CC(C(=O)O)C1. The smallest absolute Gasteiger partial charge is 0.308 e. The van der Waals surface area contributed by atoms with Gasteiger partial charge in [-0.15, -0.1) is 0 Å². The van der Waals surface area contributed by atoms with Crippen LogP contribution in [0.1, 0.15) is 30.6 Å². The molecule has 0 aliphatic carbocycles. The Kier molecular flexibility index (Phi) is 6.38. The first kappa shape index (κ1) is 18.8. The summed E-state index contributed by atoms with van der Waals surface area (Å²) in [6.07, 6.45) is 0.563. The van der Waals surface area contributed by atoms with Gasteiger partial charge in [0, 0.05) is 13.1 Å². The van der Waals surface area contributed by atoms with Crippen molar-refractivity contribution in [3.63, 3.8) is 0 Å². The molecule has 7 nitrogen and oxygen atoms in total. The van der Waals surface area contributed by atoms with Gasteiger partial charge in [-0.25, -0.2) is 0 Å². The van der Waals surface area contributed by atoms with Crippen molar-refractivity contribution in [2.24, 2.45) is 11.8 Å². The van der Waals surface area contributed by atoms with Gasteiger partial charge in [-0.05, 0) is 31.4 Å². The van der Waals surface area contributed by atoms with Crippen LogP contribution in [0, 0.1) is 11.8 Å². The number of piperidine rings is 1. The Bertz CT molecular complexity index is 646. The van der Waals surface area contributed by atoms with Crippen molar-refractivity contribution in [1.82, 2.24) is 10.2 Å². The summed E-state index contributed by atoms with van der Waals surface area (Å²) < 4.78 is 5.41. The lowest BCUT2D eigenvalue weighted by Crippen LogP contribution is -2.48. The largest absolute Gasteiger partial charge is 0.493 e. The van der Waals surface area contributed by atoms with Gasteiger partial charge in [0.2, 0.25) is 5.91 Å². The van der Waals surface area contributed by atoms with Crippen LogP contribution in [-0.2, 0) is 9.59 Å².